The van der Waals surface area contributed by atoms with E-state index >= 15 is 0 Å². The predicted molar refractivity (Wildman–Crippen MR) is 85.9 cm³/mol. The van der Waals surface area contributed by atoms with Gasteiger partial charge in [-0.25, -0.2) is 4.79 Å². The summed E-state index contributed by atoms with van der Waals surface area (Å²) in [6, 6.07) is 7.25. The average molecular weight is 329 g/mol. The van der Waals surface area contributed by atoms with E-state index in [4.69, 9.17) is 19.9 Å². The maximum Gasteiger partial charge on any atom is 0.340 e. The lowest BCUT2D eigenvalue weighted by atomic mass is 9.77. The highest BCUT2D eigenvalue weighted by Gasteiger charge is 2.42. The molecule has 1 aromatic rings. The van der Waals surface area contributed by atoms with E-state index in [-0.39, 0.29) is 17.2 Å². The highest BCUT2D eigenvalue weighted by atomic mass is 16.5. The third-order valence-electron chi connectivity index (χ3n) is 4.34. The number of rotatable bonds is 3. The van der Waals surface area contributed by atoms with E-state index in [2.05, 4.69) is 0 Å². The molecule has 126 valence electrons. The molecule has 3 rings (SSSR count). The molecule has 2 aliphatic rings. The van der Waals surface area contributed by atoms with Crippen molar-refractivity contribution in [1.29, 1.82) is 0 Å². The zero-order valence-corrected chi connectivity index (χ0v) is 13.6. The summed E-state index contributed by atoms with van der Waals surface area (Å²) in [6.45, 7) is 0. The van der Waals surface area contributed by atoms with Gasteiger partial charge in [-0.2, -0.15) is 0 Å². The molecule has 0 aromatic heterocycles. The van der Waals surface area contributed by atoms with E-state index in [0.717, 1.165) is 0 Å². The first-order valence-corrected chi connectivity index (χ1v) is 7.73. The zero-order valence-electron chi connectivity index (χ0n) is 13.6. The second-order valence-corrected chi connectivity index (χ2v) is 5.66. The van der Waals surface area contributed by atoms with Crippen LogP contribution in [-0.2, 0) is 19.1 Å². The number of methoxy groups -OCH3 is 2. The number of nitrogens with two attached hydrogens (primary N) is 1. The van der Waals surface area contributed by atoms with Gasteiger partial charge in [0.05, 0.1) is 20.1 Å². The van der Waals surface area contributed by atoms with Gasteiger partial charge in [0.1, 0.15) is 17.1 Å². The van der Waals surface area contributed by atoms with Gasteiger partial charge in [-0.3, -0.25) is 4.79 Å². The van der Waals surface area contributed by atoms with Crippen LogP contribution in [0.2, 0.25) is 0 Å². The molecular formula is C18H19NO5. The molecule has 0 amide bonds. The maximum absolute atomic E-state index is 12.6. The lowest BCUT2D eigenvalue weighted by Gasteiger charge is -2.32. The van der Waals surface area contributed by atoms with Gasteiger partial charge in [0, 0.05) is 24.0 Å². The molecule has 0 radical (unpaired) electrons. The summed E-state index contributed by atoms with van der Waals surface area (Å²) in [5, 5.41) is 0. The van der Waals surface area contributed by atoms with Crippen LogP contribution in [0, 0.1) is 0 Å². The molecule has 0 fully saturated rings. The Labute approximate surface area is 139 Å². The van der Waals surface area contributed by atoms with Crippen molar-refractivity contribution in [3.8, 4) is 5.75 Å². The topological polar surface area (TPSA) is 87.9 Å². The summed E-state index contributed by atoms with van der Waals surface area (Å²) in [6.07, 6.45) is 1.74. The number of hydrogen-bond acceptors (Lipinski definition) is 6. The first-order chi connectivity index (χ1) is 11.6. The Balaban J connectivity index is 2.24. The number of allylic oxidation sites excluding steroid dienone is 2. The van der Waals surface area contributed by atoms with Gasteiger partial charge >= 0.3 is 5.97 Å². The van der Waals surface area contributed by atoms with Crippen molar-refractivity contribution >= 4 is 11.8 Å². The normalized spacial score (nSPS) is 20.4. The molecule has 0 saturated heterocycles. The minimum Gasteiger partial charge on any atom is -0.496 e. The smallest absolute Gasteiger partial charge is 0.340 e. The van der Waals surface area contributed by atoms with E-state index < -0.39 is 11.9 Å². The lowest BCUT2D eigenvalue weighted by molar-refractivity contribution is -0.136. The Hall–Kier alpha value is -2.76. The molecule has 1 aliphatic heterocycles. The van der Waals surface area contributed by atoms with Crippen LogP contribution in [0.4, 0.5) is 0 Å². The number of carbonyl (C=O) groups is 2. The summed E-state index contributed by atoms with van der Waals surface area (Å²) in [5.41, 5.74) is 7.29. The summed E-state index contributed by atoms with van der Waals surface area (Å²) < 4.78 is 15.9. The highest BCUT2D eigenvalue weighted by molar-refractivity contribution is 6.03. The Kier molecular flexibility index (Phi) is 4.29. The number of carbonyl (C=O) groups excluding carboxylic acids is 2. The van der Waals surface area contributed by atoms with Crippen molar-refractivity contribution in [1.82, 2.24) is 0 Å². The molecule has 0 saturated carbocycles. The third-order valence-corrected chi connectivity index (χ3v) is 4.34. The Morgan fingerprint density at radius 1 is 1.25 bits per heavy atom. The third kappa shape index (κ3) is 2.54. The lowest BCUT2D eigenvalue weighted by Crippen LogP contribution is -2.31. The Bertz CT molecular complexity index is 762. The fraction of sp³-hybridized carbons (Fsp3) is 0.333. The van der Waals surface area contributed by atoms with Crippen molar-refractivity contribution in [3.05, 3.63) is 52.6 Å². The van der Waals surface area contributed by atoms with Crippen molar-refractivity contribution in [2.24, 2.45) is 5.73 Å². The Morgan fingerprint density at radius 2 is 2.00 bits per heavy atom. The average Bonchev–Trinajstić information content (AvgIpc) is 2.60. The van der Waals surface area contributed by atoms with E-state index in [0.29, 0.717) is 41.9 Å². The Morgan fingerprint density at radius 3 is 2.71 bits per heavy atom. The standard InChI is InChI=1S/C18H19NO5/c1-22-12-8-4-3-6-10(12)14-15-11(20)7-5-9-13(15)24-17(19)16(14)18(21)23-2/h3-4,6,8,14H,5,7,9,19H2,1-2H3. The van der Waals surface area contributed by atoms with Gasteiger partial charge in [-0.1, -0.05) is 18.2 Å². The van der Waals surface area contributed by atoms with Crippen LogP contribution in [0.5, 0.6) is 5.75 Å². The first kappa shape index (κ1) is 16.1. The monoisotopic (exact) mass is 329 g/mol. The fourth-order valence-electron chi connectivity index (χ4n) is 3.28. The molecule has 1 atom stereocenters. The molecule has 6 nitrogen and oxygen atoms in total. The minimum atomic E-state index is -0.648. The van der Waals surface area contributed by atoms with Crippen molar-refractivity contribution < 1.29 is 23.8 Å². The molecule has 0 bridgehead atoms. The van der Waals surface area contributed by atoms with Crippen LogP contribution < -0.4 is 10.5 Å². The van der Waals surface area contributed by atoms with Crippen LogP contribution in [0.3, 0.4) is 0 Å². The van der Waals surface area contributed by atoms with Crippen LogP contribution in [0.15, 0.2) is 47.1 Å². The van der Waals surface area contributed by atoms with Gasteiger partial charge in [-0.15, -0.1) is 0 Å². The number of ketones is 1. The number of Topliss-reactive ketones (excluding diaryl/α,β-unsaturated/α-hetero) is 1. The van der Waals surface area contributed by atoms with Crippen LogP contribution >= 0.6 is 0 Å². The summed E-state index contributed by atoms with van der Waals surface area (Å²) in [4.78, 5) is 24.9. The first-order valence-electron chi connectivity index (χ1n) is 7.73. The second-order valence-electron chi connectivity index (χ2n) is 5.66. The fourth-order valence-corrected chi connectivity index (χ4v) is 3.28. The van der Waals surface area contributed by atoms with Gasteiger partial charge in [0.2, 0.25) is 5.88 Å². The predicted octanol–water partition coefficient (Wildman–Crippen LogP) is 2.16. The van der Waals surface area contributed by atoms with Crippen LogP contribution in [0.25, 0.3) is 0 Å². The van der Waals surface area contributed by atoms with E-state index in [1.165, 1.54) is 7.11 Å². The molecule has 1 aliphatic carbocycles. The van der Waals surface area contributed by atoms with Crippen molar-refractivity contribution in [2.75, 3.05) is 14.2 Å². The van der Waals surface area contributed by atoms with E-state index in [1.807, 2.05) is 18.2 Å². The maximum atomic E-state index is 12.6. The van der Waals surface area contributed by atoms with Gasteiger partial charge in [0.25, 0.3) is 0 Å². The quantitative estimate of drug-likeness (QED) is 0.855. The molecule has 2 N–H and O–H groups in total. The number of esters is 1. The van der Waals surface area contributed by atoms with Crippen LogP contribution in [-0.4, -0.2) is 26.0 Å². The SMILES string of the molecule is COC(=O)C1=C(N)OC2=C(C(=O)CCC2)C1c1ccccc1OC. The summed E-state index contributed by atoms with van der Waals surface area (Å²) in [5.74, 6) is -0.220. The molecule has 1 aromatic carbocycles. The molecule has 24 heavy (non-hydrogen) atoms. The number of hydrogen-bond donors (Lipinski definition) is 1. The van der Waals surface area contributed by atoms with Gasteiger partial charge in [0.15, 0.2) is 5.78 Å². The highest BCUT2D eigenvalue weighted by Crippen LogP contribution is 2.46. The van der Waals surface area contributed by atoms with Crippen molar-refractivity contribution in [3.63, 3.8) is 0 Å². The number of ether oxygens (including phenoxy) is 3. The summed E-state index contributed by atoms with van der Waals surface area (Å²) in [7, 11) is 2.81. The molecule has 0 spiro atoms. The van der Waals surface area contributed by atoms with Crippen LogP contribution in [0.1, 0.15) is 30.7 Å². The van der Waals surface area contributed by atoms with Gasteiger partial charge in [-0.05, 0) is 12.5 Å². The molecule has 1 unspecified atom stereocenters. The minimum absolute atomic E-state index is 0.0220. The zero-order chi connectivity index (χ0) is 17.3. The van der Waals surface area contributed by atoms with Gasteiger partial charge < -0.3 is 19.9 Å². The number of benzene rings is 1. The molecular weight excluding hydrogens is 310 g/mol. The van der Waals surface area contributed by atoms with E-state index in [1.54, 1.807) is 13.2 Å². The number of para-hydroxylation sites is 1. The molecule has 1 heterocycles. The van der Waals surface area contributed by atoms with E-state index in [9.17, 15) is 9.59 Å². The second kappa shape index (κ2) is 6.39. The molecule has 6 heteroatoms. The summed E-state index contributed by atoms with van der Waals surface area (Å²) >= 11 is 0. The van der Waals surface area contributed by atoms with Crippen molar-refractivity contribution in [2.45, 2.75) is 25.2 Å². The largest absolute Gasteiger partial charge is 0.496 e.